The molecule has 0 radical (unpaired) electrons. The van der Waals surface area contributed by atoms with Crippen LogP contribution in [0.4, 0.5) is 0 Å². The molecule has 4 aromatic heterocycles. The fraction of sp³-hybridized carbons (Fsp3) is 0.259. The average molecular weight is 439 g/mol. The Kier molecular flexibility index (Phi) is 8.22. The van der Waals surface area contributed by atoms with Crippen LogP contribution in [-0.4, -0.2) is 42.8 Å². The molecule has 6 nitrogen and oxygen atoms in total. The molecule has 0 aliphatic heterocycles. The van der Waals surface area contributed by atoms with E-state index in [0.717, 1.165) is 55.5 Å². The van der Waals surface area contributed by atoms with Crippen molar-refractivity contribution in [3.8, 4) is 0 Å². The van der Waals surface area contributed by atoms with Crippen LogP contribution in [0.15, 0.2) is 97.6 Å². The molecule has 4 rings (SSSR count). The summed E-state index contributed by atoms with van der Waals surface area (Å²) in [7, 11) is 0. The van der Waals surface area contributed by atoms with Gasteiger partial charge in [-0.3, -0.25) is 29.7 Å². The predicted molar refractivity (Wildman–Crippen MR) is 130 cm³/mol. The van der Waals surface area contributed by atoms with E-state index < -0.39 is 0 Å². The molecule has 0 aliphatic carbocycles. The van der Waals surface area contributed by atoms with Crippen molar-refractivity contribution < 1.29 is 0 Å². The van der Waals surface area contributed by atoms with Gasteiger partial charge in [0.15, 0.2) is 0 Å². The van der Waals surface area contributed by atoms with Crippen LogP contribution in [0.5, 0.6) is 0 Å². The van der Waals surface area contributed by atoms with Crippen molar-refractivity contribution >= 4 is 0 Å². The van der Waals surface area contributed by atoms with E-state index in [-0.39, 0.29) is 6.04 Å². The maximum Gasteiger partial charge on any atom is 0.0572 e. The lowest BCUT2D eigenvalue weighted by Gasteiger charge is -2.31. The molecule has 0 amide bonds. The summed E-state index contributed by atoms with van der Waals surface area (Å²) >= 11 is 0. The van der Waals surface area contributed by atoms with Crippen LogP contribution < -0.4 is 0 Å². The Labute approximate surface area is 196 Å². The van der Waals surface area contributed by atoms with E-state index in [0.29, 0.717) is 0 Å². The standard InChI is InChI=1S/C27H30N6/c1-23(27-13-5-9-17-31-27)33(22-26-12-4-8-16-30-26)19-18-32(20-24-10-2-6-14-28-24)21-25-11-3-7-15-29-25/h2-17,23H,18-22H2,1H3. The molecule has 0 saturated heterocycles. The second-order valence-electron chi connectivity index (χ2n) is 8.07. The highest BCUT2D eigenvalue weighted by Crippen LogP contribution is 2.20. The first-order valence-corrected chi connectivity index (χ1v) is 11.3. The highest BCUT2D eigenvalue weighted by Gasteiger charge is 2.19. The summed E-state index contributed by atoms with van der Waals surface area (Å²) < 4.78 is 0. The van der Waals surface area contributed by atoms with Crippen LogP contribution in [0.25, 0.3) is 0 Å². The minimum atomic E-state index is 0.166. The maximum atomic E-state index is 4.61. The topological polar surface area (TPSA) is 58.0 Å². The Bertz CT molecular complexity index is 1020. The molecule has 0 N–H and O–H groups in total. The van der Waals surface area contributed by atoms with Gasteiger partial charge in [0, 0.05) is 63.6 Å². The summed E-state index contributed by atoms with van der Waals surface area (Å²) in [6, 6.07) is 24.5. The van der Waals surface area contributed by atoms with Crippen LogP contribution in [0.3, 0.4) is 0 Å². The van der Waals surface area contributed by atoms with Gasteiger partial charge in [-0.2, -0.15) is 0 Å². The molecule has 4 heterocycles. The summed E-state index contributed by atoms with van der Waals surface area (Å²) in [5.74, 6) is 0. The minimum absolute atomic E-state index is 0.166. The molecule has 6 heteroatoms. The highest BCUT2D eigenvalue weighted by molar-refractivity contribution is 5.10. The fourth-order valence-corrected chi connectivity index (χ4v) is 3.84. The van der Waals surface area contributed by atoms with Gasteiger partial charge in [0.1, 0.15) is 0 Å². The van der Waals surface area contributed by atoms with Gasteiger partial charge in [-0.15, -0.1) is 0 Å². The van der Waals surface area contributed by atoms with Gasteiger partial charge in [0.25, 0.3) is 0 Å². The number of hydrogen-bond donors (Lipinski definition) is 0. The first-order chi connectivity index (χ1) is 16.3. The first-order valence-electron chi connectivity index (χ1n) is 11.3. The van der Waals surface area contributed by atoms with E-state index >= 15 is 0 Å². The molecule has 4 aromatic rings. The van der Waals surface area contributed by atoms with Gasteiger partial charge in [-0.05, 0) is 55.5 Å². The number of rotatable bonds is 11. The number of aromatic nitrogens is 4. The average Bonchev–Trinajstić information content (AvgIpc) is 2.88. The summed E-state index contributed by atoms with van der Waals surface area (Å²) in [5.41, 5.74) is 4.24. The van der Waals surface area contributed by atoms with Gasteiger partial charge in [-0.1, -0.05) is 24.3 Å². The van der Waals surface area contributed by atoms with Crippen LogP contribution in [0, 0.1) is 0 Å². The van der Waals surface area contributed by atoms with Crippen LogP contribution in [0.2, 0.25) is 0 Å². The molecule has 0 aliphatic rings. The van der Waals surface area contributed by atoms with Gasteiger partial charge < -0.3 is 0 Å². The zero-order valence-electron chi connectivity index (χ0n) is 19.0. The highest BCUT2D eigenvalue weighted by atomic mass is 15.2. The second kappa shape index (κ2) is 11.9. The van der Waals surface area contributed by atoms with Crippen molar-refractivity contribution in [3.63, 3.8) is 0 Å². The van der Waals surface area contributed by atoms with E-state index in [1.165, 1.54) is 0 Å². The third-order valence-electron chi connectivity index (χ3n) is 5.68. The zero-order valence-corrected chi connectivity index (χ0v) is 19.0. The van der Waals surface area contributed by atoms with E-state index in [1.807, 2.05) is 73.3 Å². The molecule has 1 unspecified atom stereocenters. The van der Waals surface area contributed by atoms with E-state index in [4.69, 9.17) is 0 Å². The van der Waals surface area contributed by atoms with Gasteiger partial charge in [0.2, 0.25) is 0 Å². The van der Waals surface area contributed by atoms with Gasteiger partial charge >= 0.3 is 0 Å². The van der Waals surface area contributed by atoms with Crippen LogP contribution in [0.1, 0.15) is 35.7 Å². The normalized spacial score (nSPS) is 12.2. The predicted octanol–water partition coefficient (Wildman–Crippen LogP) is 4.53. The minimum Gasteiger partial charge on any atom is -0.290 e. The number of nitrogens with zero attached hydrogens (tertiary/aromatic N) is 6. The lowest BCUT2D eigenvalue weighted by atomic mass is 10.1. The summed E-state index contributed by atoms with van der Waals surface area (Å²) in [6.45, 7) is 6.26. The van der Waals surface area contributed by atoms with Crippen LogP contribution >= 0.6 is 0 Å². The maximum absolute atomic E-state index is 4.61. The Morgan fingerprint density at radius 2 is 1.06 bits per heavy atom. The molecular weight excluding hydrogens is 408 g/mol. The van der Waals surface area contributed by atoms with E-state index in [9.17, 15) is 0 Å². The van der Waals surface area contributed by atoms with Gasteiger partial charge in [-0.25, -0.2) is 0 Å². The fourth-order valence-electron chi connectivity index (χ4n) is 3.84. The SMILES string of the molecule is CC(c1ccccn1)N(CCN(Cc1ccccn1)Cc1ccccn1)Cc1ccccn1. The molecule has 168 valence electrons. The third-order valence-corrected chi connectivity index (χ3v) is 5.68. The largest absolute Gasteiger partial charge is 0.290 e. The van der Waals surface area contributed by atoms with Crippen molar-refractivity contribution in [1.29, 1.82) is 0 Å². The molecule has 0 bridgehead atoms. The zero-order chi connectivity index (χ0) is 22.7. The van der Waals surface area contributed by atoms with Crippen molar-refractivity contribution in [2.24, 2.45) is 0 Å². The smallest absolute Gasteiger partial charge is 0.0572 e. The third kappa shape index (κ3) is 7.00. The van der Waals surface area contributed by atoms with Crippen LogP contribution in [-0.2, 0) is 19.6 Å². The Hall–Kier alpha value is -3.48. The van der Waals surface area contributed by atoms with Crippen molar-refractivity contribution in [3.05, 3.63) is 120 Å². The lowest BCUT2D eigenvalue weighted by molar-refractivity contribution is 0.149. The Morgan fingerprint density at radius 1 is 0.576 bits per heavy atom. The molecule has 1 atom stereocenters. The molecule has 0 saturated carbocycles. The van der Waals surface area contributed by atoms with Crippen molar-refractivity contribution in [1.82, 2.24) is 29.7 Å². The lowest BCUT2D eigenvalue weighted by Crippen LogP contribution is -2.36. The molecule has 0 fully saturated rings. The Balaban J connectivity index is 1.51. The molecule has 0 aromatic carbocycles. The quantitative estimate of drug-likeness (QED) is 0.343. The number of pyridine rings is 4. The van der Waals surface area contributed by atoms with Crippen molar-refractivity contribution in [2.45, 2.75) is 32.6 Å². The summed E-state index contributed by atoms with van der Waals surface area (Å²) in [5, 5.41) is 0. The number of hydrogen-bond acceptors (Lipinski definition) is 6. The monoisotopic (exact) mass is 438 g/mol. The molecular formula is C27H30N6. The van der Waals surface area contributed by atoms with Crippen molar-refractivity contribution in [2.75, 3.05) is 13.1 Å². The van der Waals surface area contributed by atoms with E-state index in [2.05, 4.69) is 60.9 Å². The summed E-state index contributed by atoms with van der Waals surface area (Å²) in [6.07, 6.45) is 7.42. The first kappa shape index (κ1) is 22.7. The molecule has 0 spiro atoms. The molecule has 33 heavy (non-hydrogen) atoms. The Morgan fingerprint density at radius 3 is 1.52 bits per heavy atom. The second-order valence-corrected chi connectivity index (χ2v) is 8.07. The van der Waals surface area contributed by atoms with E-state index in [1.54, 1.807) is 0 Å². The summed E-state index contributed by atoms with van der Waals surface area (Å²) in [4.78, 5) is 23.1. The van der Waals surface area contributed by atoms with Gasteiger partial charge in [0.05, 0.1) is 22.8 Å².